The van der Waals surface area contributed by atoms with Crippen molar-refractivity contribution < 1.29 is 17.6 Å². The van der Waals surface area contributed by atoms with Crippen LogP contribution < -0.4 is 4.90 Å². The summed E-state index contributed by atoms with van der Waals surface area (Å²) in [5, 5.41) is 0. The first-order valence-electron chi connectivity index (χ1n) is 14.5. The lowest BCUT2D eigenvalue weighted by atomic mass is 9.98. The van der Waals surface area contributed by atoms with E-state index in [1.54, 1.807) is 6.07 Å². The Morgan fingerprint density at radius 3 is 2.37 bits per heavy atom. The number of hydrogen-bond acceptors (Lipinski definition) is 5. The van der Waals surface area contributed by atoms with Crippen LogP contribution in [-0.2, 0) is 27.9 Å². The molecule has 3 heterocycles. The van der Waals surface area contributed by atoms with Crippen LogP contribution in [0, 0.1) is 5.82 Å². The second-order valence-electron chi connectivity index (χ2n) is 11.0. The van der Waals surface area contributed by atoms with Crippen molar-refractivity contribution in [1.82, 2.24) is 9.21 Å². The van der Waals surface area contributed by atoms with Crippen LogP contribution in [-0.4, -0.2) is 49.2 Å². The molecule has 0 aliphatic carbocycles. The predicted octanol–water partition coefficient (Wildman–Crippen LogP) is 7.19. The molecule has 2 saturated heterocycles. The fraction of sp³-hybridized carbons (Fsp3) is 0.303. The van der Waals surface area contributed by atoms with Gasteiger partial charge in [0.05, 0.1) is 10.0 Å². The van der Waals surface area contributed by atoms with Gasteiger partial charge < -0.3 is 4.90 Å². The third-order valence-electron chi connectivity index (χ3n) is 8.21. The lowest BCUT2D eigenvalue weighted by Gasteiger charge is -2.37. The summed E-state index contributed by atoms with van der Waals surface area (Å²) in [5.74, 6) is -0.945. The van der Waals surface area contributed by atoms with Crippen molar-refractivity contribution in [2.75, 3.05) is 24.5 Å². The van der Waals surface area contributed by atoms with Gasteiger partial charge in [-0.25, -0.2) is 12.8 Å². The maximum atomic E-state index is 15.9. The first-order chi connectivity index (χ1) is 20.8. The van der Waals surface area contributed by atoms with Crippen LogP contribution in [0.3, 0.4) is 0 Å². The van der Waals surface area contributed by atoms with E-state index in [1.165, 1.54) is 40.2 Å². The SMILES string of the molecule is O=C1C(N(Cc2ccccc2)S(=O)(=O)c2ccc(Cl)s2)CCCN1c1ccc(-c2ccccc2CN2CCCC2)cc1F. The Morgan fingerprint density at radius 1 is 0.907 bits per heavy atom. The molecule has 3 aromatic carbocycles. The fourth-order valence-electron chi connectivity index (χ4n) is 6.06. The van der Waals surface area contributed by atoms with E-state index in [1.807, 2.05) is 54.6 Å². The average Bonchev–Trinajstić information content (AvgIpc) is 3.69. The van der Waals surface area contributed by atoms with Gasteiger partial charge in [-0.15, -0.1) is 11.3 Å². The summed E-state index contributed by atoms with van der Waals surface area (Å²) < 4.78 is 45.3. The van der Waals surface area contributed by atoms with Crippen molar-refractivity contribution in [3.63, 3.8) is 0 Å². The molecule has 1 amide bonds. The molecular weight excluding hydrogens is 605 g/mol. The molecule has 1 atom stereocenters. The third kappa shape index (κ3) is 6.42. The maximum absolute atomic E-state index is 15.9. The van der Waals surface area contributed by atoms with Crippen LogP contribution >= 0.6 is 22.9 Å². The van der Waals surface area contributed by atoms with Crippen molar-refractivity contribution in [2.45, 2.75) is 49.0 Å². The van der Waals surface area contributed by atoms with Gasteiger partial charge in [0.15, 0.2) is 0 Å². The third-order valence-corrected chi connectivity index (χ3v) is 11.8. The lowest BCUT2D eigenvalue weighted by molar-refractivity contribution is -0.123. The van der Waals surface area contributed by atoms with Crippen LogP contribution in [0.1, 0.15) is 36.8 Å². The van der Waals surface area contributed by atoms with Crippen LogP contribution in [0.5, 0.6) is 0 Å². The first-order valence-corrected chi connectivity index (χ1v) is 17.2. The molecule has 6 rings (SSSR count). The van der Waals surface area contributed by atoms with E-state index >= 15 is 4.39 Å². The number of amides is 1. The number of likely N-dealkylation sites (tertiary alicyclic amines) is 1. The molecule has 0 saturated carbocycles. The number of sulfonamides is 1. The maximum Gasteiger partial charge on any atom is 0.253 e. The van der Waals surface area contributed by atoms with E-state index in [2.05, 4.69) is 11.0 Å². The Bertz CT molecular complexity index is 1710. The molecule has 2 aliphatic rings. The summed E-state index contributed by atoms with van der Waals surface area (Å²) in [4.78, 5) is 17.8. The van der Waals surface area contributed by atoms with E-state index in [9.17, 15) is 13.2 Å². The smallest absolute Gasteiger partial charge is 0.253 e. The second kappa shape index (κ2) is 12.9. The highest BCUT2D eigenvalue weighted by atomic mass is 35.5. The summed E-state index contributed by atoms with van der Waals surface area (Å²) in [6.45, 7) is 3.26. The molecule has 6 nitrogen and oxygen atoms in total. The number of nitrogens with zero attached hydrogens (tertiary/aromatic N) is 3. The Labute approximate surface area is 261 Å². The van der Waals surface area contributed by atoms with Crippen molar-refractivity contribution in [2.24, 2.45) is 0 Å². The first kappa shape index (κ1) is 30.0. The van der Waals surface area contributed by atoms with E-state index in [0.29, 0.717) is 23.7 Å². The Hall–Kier alpha value is -3.08. The van der Waals surface area contributed by atoms with Gasteiger partial charge in [-0.3, -0.25) is 9.69 Å². The summed E-state index contributed by atoms with van der Waals surface area (Å²) in [5.41, 5.74) is 3.77. The zero-order valence-corrected chi connectivity index (χ0v) is 26.1. The topological polar surface area (TPSA) is 60.9 Å². The number of hydrogen-bond donors (Lipinski definition) is 0. The highest BCUT2D eigenvalue weighted by Gasteiger charge is 2.41. The fourth-order valence-corrected chi connectivity index (χ4v) is 9.27. The van der Waals surface area contributed by atoms with Gasteiger partial charge in [-0.05, 0) is 85.3 Å². The van der Waals surface area contributed by atoms with Crippen molar-refractivity contribution in [3.8, 4) is 11.1 Å². The predicted molar refractivity (Wildman–Crippen MR) is 170 cm³/mol. The van der Waals surface area contributed by atoms with Gasteiger partial charge in [0.2, 0.25) is 5.91 Å². The summed E-state index contributed by atoms with van der Waals surface area (Å²) in [6, 6.07) is 24.2. The van der Waals surface area contributed by atoms with Gasteiger partial charge in [0.1, 0.15) is 16.1 Å². The van der Waals surface area contributed by atoms with Crippen LogP contribution in [0.15, 0.2) is 89.1 Å². The number of benzene rings is 3. The molecular formula is C33H33ClFN3O3S2. The zero-order chi connectivity index (χ0) is 30.0. The van der Waals surface area contributed by atoms with Gasteiger partial charge in [-0.2, -0.15) is 4.31 Å². The normalized spacial score (nSPS) is 18.1. The molecule has 2 aliphatic heterocycles. The minimum atomic E-state index is -4.06. The quantitative estimate of drug-likeness (QED) is 0.195. The van der Waals surface area contributed by atoms with Crippen molar-refractivity contribution in [3.05, 3.63) is 106 Å². The van der Waals surface area contributed by atoms with Crippen molar-refractivity contribution in [1.29, 1.82) is 0 Å². The monoisotopic (exact) mass is 637 g/mol. The van der Waals surface area contributed by atoms with Gasteiger partial charge in [0, 0.05) is 19.6 Å². The molecule has 224 valence electrons. The molecule has 1 aromatic heterocycles. The largest absolute Gasteiger partial charge is 0.308 e. The molecule has 0 radical (unpaired) electrons. The number of carbonyl (C=O) groups is 1. The standard InChI is InChI=1S/C33H33ClFN3O3S2/c34-31-16-17-32(42-31)43(40,41)38(22-24-9-2-1-3-10-24)30-13-8-20-37(33(30)39)29-15-14-25(21-28(29)35)27-12-5-4-11-26(27)23-36-18-6-7-19-36/h1-5,9-12,14-17,21,30H,6-8,13,18-20,22-23H2. The number of carbonyl (C=O) groups excluding carboxylic acids is 1. The summed E-state index contributed by atoms with van der Waals surface area (Å²) in [6.07, 6.45) is 3.26. The van der Waals surface area contributed by atoms with E-state index in [0.717, 1.165) is 53.2 Å². The van der Waals surface area contributed by atoms with Gasteiger partial charge >= 0.3 is 0 Å². The number of piperidine rings is 1. The van der Waals surface area contributed by atoms with Crippen molar-refractivity contribution >= 4 is 44.6 Å². The van der Waals surface area contributed by atoms with Crippen LogP contribution in [0.2, 0.25) is 4.34 Å². The highest BCUT2D eigenvalue weighted by Crippen LogP contribution is 2.35. The number of rotatable bonds is 9. The molecule has 4 aromatic rings. The number of thiophene rings is 1. The molecule has 2 fully saturated rings. The number of halogens is 2. The van der Waals surface area contributed by atoms with E-state index in [4.69, 9.17) is 11.6 Å². The minimum absolute atomic E-state index is 0.0121. The summed E-state index contributed by atoms with van der Waals surface area (Å²) >= 11 is 7.05. The molecule has 43 heavy (non-hydrogen) atoms. The van der Waals surface area contributed by atoms with Crippen LogP contribution in [0.25, 0.3) is 11.1 Å². The Balaban J connectivity index is 1.30. The molecule has 1 unspecified atom stereocenters. The number of anilines is 1. The second-order valence-corrected chi connectivity index (χ2v) is 14.9. The molecule has 0 bridgehead atoms. The van der Waals surface area contributed by atoms with Gasteiger partial charge in [-0.1, -0.05) is 72.3 Å². The van der Waals surface area contributed by atoms with E-state index < -0.39 is 27.8 Å². The highest BCUT2D eigenvalue weighted by molar-refractivity contribution is 7.91. The molecule has 10 heteroatoms. The lowest BCUT2D eigenvalue weighted by Crippen LogP contribution is -2.54. The molecule has 0 spiro atoms. The zero-order valence-electron chi connectivity index (χ0n) is 23.7. The van der Waals surface area contributed by atoms with Gasteiger partial charge in [0.25, 0.3) is 10.0 Å². The Kier molecular flexibility index (Phi) is 8.98. The average molecular weight is 638 g/mol. The minimum Gasteiger partial charge on any atom is -0.308 e. The molecule has 0 N–H and O–H groups in total. The van der Waals surface area contributed by atoms with E-state index in [-0.39, 0.29) is 16.4 Å². The Morgan fingerprint density at radius 2 is 1.65 bits per heavy atom. The summed E-state index contributed by atoms with van der Waals surface area (Å²) in [7, 11) is -4.06. The van der Waals surface area contributed by atoms with Crippen LogP contribution in [0.4, 0.5) is 10.1 Å².